The number of hydrogen-bond acceptors (Lipinski definition) is 3. The Hall–Kier alpha value is -2.20. The van der Waals surface area contributed by atoms with Crippen LogP contribution in [0.1, 0.15) is 36.4 Å². The van der Waals surface area contributed by atoms with E-state index in [1.807, 2.05) is 12.1 Å². The van der Waals surface area contributed by atoms with Gasteiger partial charge in [-0.05, 0) is 53.9 Å². The molecule has 1 aliphatic rings. The van der Waals surface area contributed by atoms with Crippen molar-refractivity contribution < 1.29 is 5.11 Å². The van der Waals surface area contributed by atoms with Gasteiger partial charge < -0.3 is 15.3 Å². The van der Waals surface area contributed by atoms with Crippen molar-refractivity contribution in [2.45, 2.75) is 25.3 Å². The first kappa shape index (κ1) is 21.5. The molecule has 0 aromatic heterocycles. The standard InChI is InChI=1S/C26H34N2O/c1-4-9-24-20(2)10-8-13-25(24)21(3)27-18-23-14-15-28(16-17-29)19-26(23)22-11-6-5-7-12-22/h4-13,21,23,26-27,29H,1-2,14-19H2,3H3/b24-9+. The zero-order chi connectivity index (χ0) is 20.6. The molecule has 29 heavy (non-hydrogen) atoms. The SMILES string of the molecule is C=C/C=c1/c(C(C)NCC2CCN(CCO)CC2c2ccccc2)cccc1=C. The van der Waals surface area contributed by atoms with Gasteiger partial charge in [0.15, 0.2) is 0 Å². The molecule has 3 atom stereocenters. The van der Waals surface area contributed by atoms with E-state index in [2.05, 4.69) is 78.8 Å². The van der Waals surface area contributed by atoms with Gasteiger partial charge in [-0.25, -0.2) is 0 Å². The first-order chi connectivity index (χ1) is 14.1. The summed E-state index contributed by atoms with van der Waals surface area (Å²) in [6.07, 6.45) is 5.03. The Balaban J connectivity index is 1.75. The summed E-state index contributed by atoms with van der Waals surface area (Å²) in [6.45, 7) is 14.3. The molecule has 2 aromatic carbocycles. The number of benzene rings is 2. The van der Waals surface area contributed by atoms with E-state index < -0.39 is 0 Å². The summed E-state index contributed by atoms with van der Waals surface area (Å²) >= 11 is 0. The van der Waals surface area contributed by atoms with E-state index in [1.54, 1.807) is 0 Å². The highest BCUT2D eigenvalue weighted by Crippen LogP contribution is 2.32. The Morgan fingerprint density at radius 3 is 2.72 bits per heavy atom. The number of nitrogens with one attached hydrogen (secondary N) is 1. The first-order valence-electron chi connectivity index (χ1n) is 10.7. The zero-order valence-electron chi connectivity index (χ0n) is 17.6. The summed E-state index contributed by atoms with van der Waals surface area (Å²) in [4.78, 5) is 2.39. The van der Waals surface area contributed by atoms with Crippen molar-refractivity contribution in [1.82, 2.24) is 10.2 Å². The van der Waals surface area contributed by atoms with E-state index in [0.717, 1.165) is 37.8 Å². The van der Waals surface area contributed by atoms with Gasteiger partial charge in [-0.2, -0.15) is 0 Å². The van der Waals surface area contributed by atoms with Crippen molar-refractivity contribution >= 4 is 12.7 Å². The van der Waals surface area contributed by atoms with E-state index in [-0.39, 0.29) is 12.6 Å². The lowest BCUT2D eigenvalue weighted by molar-refractivity contribution is 0.127. The van der Waals surface area contributed by atoms with Crippen LogP contribution in [0.2, 0.25) is 0 Å². The number of aliphatic hydroxyl groups is 1. The molecule has 3 nitrogen and oxygen atoms in total. The van der Waals surface area contributed by atoms with E-state index >= 15 is 0 Å². The Labute approximate surface area is 175 Å². The van der Waals surface area contributed by atoms with Gasteiger partial charge in [0, 0.05) is 25.0 Å². The third-order valence-corrected chi connectivity index (χ3v) is 6.15. The molecule has 0 spiro atoms. The predicted octanol–water partition coefficient (Wildman–Crippen LogP) is 2.81. The van der Waals surface area contributed by atoms with Gasteiger partial charge in [0.1, 0.15) is 0 Å². The number of aliphatic hydroxyl groups excluding tert-OH is 1. The lowest BCUT2D eigenvalue weighted by Gasteiger charge is -2.39. The predicted molar refractivity (Wildman–Crippen MR) is 123 cm³/mol. The number of likely N-dealkylation sites (tertiary alicyclic amines) is 1. The second-order valence-electron chi connectivity index (χ2n) is 8.04. The fraction of sp³-hybridized carbons (Fsp3) is 0.385. The molecule has 0 amide bonds. The molecule has 0 aliphatic carbocycles. The Bertz CT molecular complexity index is 893. The molecule has 0 bridgehead atoms. The second-order valence-corrected chi connectivity index (χ2v) is 8.04. The molecule has 1 aliphatic heterocycles. The number of rotatable bonds is 8. The van der Waals surface area contributed by atoms with Crippen LogP contribution in [0.5, 0.6) is 0 Å². The normalized spacial score (nSPS) is 21.8. The fourth-order valence-corrected chi connectivity index (χ4v) is 4.50. The molecular weight excluding hydrogens is 356 g/mol. The van der Waals surface area contributed by atoms with Crippen LogP contribution in [-0.2, 0) is 0 Å². The lowest BCUT2D eigenvalue weighted by Crippen LogP contribution is -2.44. The van der Waals surface area contributed by atoms with Crippen molar-refractivity contribution in [3.63, 3.8) is 0 Å². The van der Waals surface area contributed by atoms with Crippen LogP contribution in [0.4, 0.5) is 0 Å². The monoisotopic (exact) mass is 390 g/mol. The van der Waals surface area contributed by atoms with Gasteiger partial charge >= 0.3 is 0 Å². The van der Waals surface area contributed by atoms with Crippen LogP contribution >= 0.6 is 0 Å². The number of piperidine rings is 1. The molecule has 0 radical (unpaired) electrons. The summed E-state index contributed by atoms with van der Waals surface area (Å²) in [5.74, 6) is 1.05. The quantitative estimate of drug-likeness (QED) is 0.728. The molecule has 3 rings (SSSR count). The summed E-state index contributed by atoms with van der Waals surface area (Å²) in [7, 11) is 0. The highest BCUT2D eigenvalue weighted by molar-refractivity contribution is 5.40. The summed E-state index contributed by atoms with van der Waals surface area (Å²) in [5.41, 5.74) is 2.67. The van der Waals surface area contributed by atoms with Crippen LogP contribution in [0.25, 0.3) is 12.7 Å². The van der Waals surface area contributed by atoms with Gasteiger partial charge in [0.05, 0.1) is 6.61 Å². The van der Waals surface area contributed by atoms with Gasteiger partial charge in [-0.3, -0.25) is 0 Å². The Kier molecular flexibility index (Phi) is 7.82. The van der Waals surface area contributed by atoms with Crippen LogP contribution in [0.15, 0.2) is 61.2 Å². The molecule has 0 saturated carbocycles. The third-order valence-electron chi connectivity index (χ3n) is 6.15. The highest BCUT2D eigenvalue weighted by Gasteiger charge is 2.30. The molecule has 1 saturated heterocycles. The smallest absolute Gasteiger partial charge is 0.0558 e. The van der Waals surface area contributed by atoms with Crippen LogP contribution in [-0.4, -0.2) is 42.8 Å². The largest absolute Gasteiger partial charge is 0.395 e. The molecule has 2 aromatic rings. The van der Waals surface area contributed by atoms with Gasteiger partial charge in [-0.1, -0.05) is 73.8 Å². The van der Waals surface area contributed by atoms with Crippen LogP contribution < -0.4 is 15.8 Å². The molecule has 1 heterocycles. The minimum atomic E-state index is 0.228. The summed E-state index contributed by atoms with van der Waals surface area (Å²) in [5, 5.41) is 15.4. The third kappa shape index (κ3) is 5.45. The first-order valence-corrected chi connectivity index (χ1v) is 10.7. The van der Waals surface area contributed by atoms with E-state index in [4.69, 9.17) is 0 Å². The van der Waals surface area contributed by atoms with E-state index in [0.29, 0.717) is 11.8 Å². The maximum Gasteiger partial charge on any atom is 0.0558 e. The number of β-amino-alcohol motifs (C(OH)–C–C–N with tert-alkyl or cyclic N) is 1. The number of hydrogen-bond donors (Lipinski definition) is 2. The van der Waals surface area contributed by atoms with Crippen molar-refractivity contribution in [2.75, 3.05) is 32.8 Å². The Morgan fingerprint density at radius 2 is 2.00 bits per heavy atom. The van der Waals surface area contributed by atoms with Crippen LogP contribution in [0, 0.1) is 5.92 Å². The minimum absolute atomic E-state index is 0.228. The molecule has 154 valence electrons. The number of nitrogens with zero attached hydrogens (tertiary/aromatic N) is 1. The average Bonchev–Trinajstić information content (AvgIpc) is 2.75. The fourth-order valence-electron chi connectivity index (χ4n) is 4.50. The molecule has 2 N–H and O–H groups in total. The zero-order valence-corrected chi connectivity index (χ0v) is 17.6. The average molecular weight is 391 g/mol. The van der Waals surface area contributed by atoms with Crippen molar-refractivity contribution in [3.05, 3.63) is 82.8 Å². The molecule has 3 heteroatoms. The molecular formula is C26H34N2O. The molecule has 1 fully saturated rings. The summed E-state index contributed by atoms with van der Waals surface area (Å²) in [6, 6.07) is 17.4. The highest BCUT2D eigenvalue weighted by atomic mass is 16.3. The van der Waals surface area contributed by atoms with Gasteiger partial charge in [-0.15, -0.1) is 0 Å². The minimum Gasteiger partial charge on any atom is -0.395 e. The summed E-state index contributed by atoms with van der Waals surface area (Å²) < 4.78 is 0. The van der Waals surface area contributed by atoms with Gasteiger partial charge in [0.25, 0.3) is 0 Å². The van der Waals surface area contributed by atoms with Crippen molar-refractivity contribution in [2.24, 2.45) is 5.92 Å². The van der Waals surface area contributed by atoms with Crippen molar-refractivity contribution in [3.8, 4) is 0 Å². The maximum absolute atomic E-state index is 9.37. The lowest BCUT2D eigenvalue weighted by atomic mass is 9.80. The second kappa shape index (κ2) is 10.5. The maximum atomic E-state index is 9.37. The Morgan fingerprint density at radius 1 is 1.21 bits per heavy atom. The van der Waals surface area contributed by atoms with Gasteiger partial charge in [0.2, 0.25) is 0 Å². The van der Waals surface area contributed by atoms with Crippen LogP contribution in [0.3, 0.4) is 0 Å². The number of allylic oxidation sites excluding steroid dienone is 1. The topological polar surface area (TPSA) is 35.5 Å². The van der Waals surface area contributed by atoms with Crippen molar-refractivity contribution in [1.29, 1.82) is 0 Å². The molecule has 3 unspecified atom stereocenters. The van der Waals surface area contributed by atoms with E-state index in [9.17, 15) is 5.11 Å². The van der Waals surface area contributed by atoms with E-state index in [1.165, 1.54) is 16.3 Å².